The summed E-state index contributed by atoms with van der Waals surface area (Å²) in [4.78, 5) is 25.4. The molecule has 1 aromatic carbocycles. The Morgan fingerprint density at radius 1 is 1.35 bits per heavy atom. The van der Waals surface area contributed by atoms with Crippen LogP contribution in [0.5, 0.6) is 0 Å². The molecule has 0 heterocycles. The Hall–Kier alpha value is -2.04. The van der Waals surface area contributed by atoms with E-state index in [2.05, 4.69) is 5.32 Å². The Morgan fingerprint density at radius 3 is 2.50 bits per heavy atom. The zero-order valence-corrected chi connectivity index (χ0v) is 11.6. The summed E-state index contributed by atoms with van der Waals surface area (Å²) < 4.78 is 0. The fourth-order valence-corrected chi connectivity index (χ4v) is 2.22. The van der Waals surface area contributed by atoms with Crippen LogP contribution >= 0.6 is 0 Å². The number of carboxylic acid groups (broad SMARTS) is 1. The van der Waals surface area contributed by atoms with Gasteiger partial charge in [-0.05, 0) is 24.8 Å². The molecular formula is C15H20N2O3. The molecule has 1 aliphatic carbocycles. The van der Waals surface area contributed by atoms with Crippen molar-refractivity contribution in [3.63, 3.8) is 0 Å². The number of carboxylic acids is 1. The van der Waals surface area contributed by atoms with Gasteiger partial charge in [0.1, 0.15) is 0 Å². The molecule has 2 N–H and O–H groups in total. The normalized spacial score (nSPS) is 15.4. The van der Waals surface area contributed by atoms with Crippen molar-refractivity contribution in [1.82, 2.24) is 10.2 Å². The highest BCUT2D eigenvalue weighted by atomic mass is 16.4. The molecule has 0 saturated heterocycles. The number of hydrogen-bond acceptors (Lipinski definition) is 2. The minimum Gasteiger partial charge on any atom is -0.479 e. The van der Waals surface area contributed by atoms with Crippen LogP contribution in [0.15, 0.2) is 30.3 Å². The van der Waals surface area contributed by atoms with Crippen LogP contribution in [0.1, 0.15) is 37.8 Å². The second kappa shape index (κ2) is 6.41. The topological polar surface area (TPSA) is 69.6 Å². The highest BCUT2D eigenvalue weighted by Crippen LogP contribution is 2.27. The molecule has 2 rings (SSSR count). The van der Waals surface area contributed by atoms with Crippen molar-refractivity contribution in [3.8, 4) is 0 Å². The lowest BCUT2D eigenvalue weighted by atomic mass is 10.1. The minimum atomic E-state index is -1.04. The van der Waals surface area contributed by atoms with Gasteiger partial charge in [0.2, 0.25) is 0 Å². The molecular weight excluding hydrogens is 256 g/mol. The Labute approximate surface area is 118 Å². The first-order valence-corrected chi connectivity index (χ1v) is 6.98. The molecule has 5 heteroatoms. The third-order valence-corrected chi connectivity index (χ3v) is 3.36. The lowest BCUT2D eigenvalue weighted by Gasteiger charge is -2.24. The molecule has 1 aliphatic rings. The van der Waals surface area contributed by atoms with Crippen LogP contribution < -0.4 is 5.32 Å². The van der Waals surface area contributed by atoms with Gasteiger partial charge in [0.05, 0.1) is 0 Å². The van der Waals surface area contributed by atoms with Crippen LogP contribution in [0, 0.1) is 0 Å². The second-order valence-corrected chi connectivity index (χ2v) is 5.06. The quantitative estimate of drug-likeness (QED) is 0.838. The Balaban J connectivity index is 2.07. The number of carbonyl (C=O) groups is 2. The monoisotopic (exact) mass is 276 g/mol. The van der Waals surface area contributed by atoms with E-state index in [0.29, 0.717) is 12.1 Å². The fraction of sp³-hybridized carbons (Fsp3) is 0.467. The third-order valence-electron chi connectivity index (χ3n) is 3.36. The van der Waals surface area contributed by atoms with Crippen LogP contribution in [0.25, 0.3) is 0 Å². The maximum atomic E-state index is 12.3. The number of benzene rings is 1. The first kappa shape index (κ1) is 14.4. The minimum absolute atomic E-state index is 0.278. The fourth-order valence-electron chi connectivity index (χ4n) is 2.22. The van der Waals surface area contributed by atoms with Crippen LogP contribution in [-0.2, 0) is 4.79 Å². The SMILES string of the molecule is CCCN(C(=O)N[C@H](C(=O)O)c1ccccc1)C1CC1. The van der Waals surface area contributed by atoms with Gasteiger partial charge in [-0.1, -0.05) is 37.3 Å². The van der Waals surface area contributed by atoms with E-state index in [1.165, 1.54) is 0 Å². The predicted octanol–water partition coefficient (Wildman–Crippen LogP) is 2.40. The van der Waals surface area contributed by atoms with E-state index in [-0.39, 0.29) is 12.1 Å². The van der Waals surface area contributed by atoms with Crippen LogP contribution in [0.3, 0.4) is 0 Å². The number of carbonyl (C=O) groups excluding carboxylic acids is 1. The zero-order valence-electron chi connectivity index (χ0n) is 11.6. The third kappa shape index (κ3) is 3.50. The van der Waals surface area contributed by atoms with E-state index in [0.717, 1.165) is 19.3 Å². The van der Waals surface area contributed by atoms with Gasteiger partial charge in [-0.2, -0.15) is 0 Å². The molecule has 0 aliphatic heterocycles. The molecule has 0 aromatic heterocycles. The highest BCUT2D eigenvalue weighted by Gasteiger charge is 2.33. The van der Waals surface area contributed by atoms with Gasteiger partial charge in [0.15, 0.2) is 6.04 Å². The Morgan fingerprint density at radius 2 is 2.00 bits per heavy atom. The molecule has 20 heavy (non-hydrogen) atoms. The molecule has 2 amide bonds. The van der Waals surface area contributed by atoms with E-state index < -0.39 is 12.0 Å². The van der Waals surface area contributed by atoms with Gasteiger partial charge in [-0.3, -0.25) is 0 Å². The number of nitrogens with one attached hydrogen (secondary N) is 1. The number of urea groups is 1. The highest BCUT2D eigenvalue weighted by molar-refractivity contribution is 5.84. The standard InChI is InChI=1S/C15H20N2O3/c1-2-10-17(12-8-9-12)15(20)16-13(14(18)19)11-6-4-3-5-7-11/h3-7,12-13H,2,8-10H2,1H3,(H,16,20)(H,18,19)/t13-/m0/s1. The maximum absolute atomic E-state index is 12.3. The van der Waals surface area contributed by atoms with Crippen LogP contribution in [0.2, 0.25) is 0 Å². The number of amides is 2. The largest absolute Gasteiger partial charge is 0.479 e. The molecule has 0 unspecified atom stereocenters. The van der Waals surface area contributed by atoms with E-state index >= 15 is 0 Å². The summed E-state index contributed by atoms with van der Waals surface area (Å²) in [6.45, 7) is 2.67. The van der Waals surface area contributed by atoms with Crippen molar-refractivity contribution in [1.29, 1.82) is 0 Å². The van der Waals surface area contributed by atoms with Gasteiger partial charge >= 0.3 is 12.0 Å². The van der Waals surface area contributed by atoms with Gasteiger partial charge in [0.25, 0.3) is 0 Å². The van der Waals surface area contributed by atoms with E-state index in [1.807, 2.05) is 13.0 Å². The lowest BCUT2D eigenvalue weighted by molar-refractivity contribution is -0.139. The smallest absolute Gasteiger partial charge is 0.330 e. The molecule has 1 saturated carbocycles. The predicted molar refractivity (Wildman–Crippen MR) is 75.4 cm³/mol. The first-order chi connectivity index (χ1) is 9.63. The van der Waals surface area contributed by atoms with Crippen molar-refractivity contribution in [2.45, 2.75) is 38.3 Å². The molecule has 108 valence electrons. The lowest BCUT2D eigenvalue weighted by Crippen LogP contribution is -2.45. The molecule has 1 fully saturated rings. The van der Waals surface area contributed by atoms with Crippen molar-refractivity contribution >= 4 is 12.0 Å². The summed E-state index contributed by atoms with van der Waals surface area (Å²) in [5, 5.41) is 11.9. The van der Waals surface area contributed by atoms with Crippen LogP contribution in [-0.4, -0.2) is 34.6 Å². The molecule has 0 radical (unpaired) electrons. The van der Waals surface area contributed by atoms with Crippen molar-refractivity contribution < 1.29 is 14.7 Å². The number of aliphatic carboxylic acids is 1. The Bertz CT molecular complexity index is 471. The summed E-state index contributed by atoms with van der Waals surface area (Å²) >= 11 is 0. The summed E-state index contributed by atoms with van der Waals surface area (Å²) in [6.07, 6.45) is 2.89. The number of nitrogens with zero attached hydrogens (tertiary/aromatic N) is 1. The first-order valence-electron chi connectivity index (χ1n) is 6.98. The maximum Gasteiger partial charge on any atom is 0.330 e. The van der Waals surface area contributed by atoms with Crippen molar-refractivity contribution in [2.75, 3.05) is 6.54 Å². The molecule has 1 aromatic rings. The summed E-state index contributed by atoms with van der Waals surface area (Å²) in [6, 6.07) is 7.76. The van der Waals surface area contributed by atoms with E-state index in [4.69, 9.17) is 0 Å². The molecule has 5 nitrogen and oxygen atoms in total. The van der Waals surface area contributed by atoms with Crippen molar-refractivity contribution in [2.24, 2.45) is 0 Å². The molecule has 0 bridgehead atoms. The van der Waals surface area contributed by atoms with Gasteiger partial charge in [-0.25, -0.2) is 9.59 Å². The number of rotatable bonds is 6. The zero-order chi connectivity index (χ0) is 14.5. The van der Waals surface area contributed by atoms with E-state index in [9.17, 15) is 14.7 Å². The summed E-state index contributed by atoms with van der Waals surface area (Å²) in [5.74, 6) is -1.04. The number of hydrogen-bond donors (Lipinski definition) is 2. The van der Waals surface area contributed by atoms with E-state index in [1.54, 1.807) is 29.2 Å². The molecule has 0 spiro atoms. The van der Waals surface area contributed by atoms with Crippen LogP contribution in [0.4, 0.5) is 4.79 Å². The van der Waals surface area contributed by atoms with Crippen molar-refractivity contribution in [3.05, 3.63) is 35.9 Å². The average Bonchev–Trinajstić information content (AvgIpc) is 3.27. The second-order valence-electron chi connectivity index (χ2n) is 5.06. The Kier molecular flexibility index (Phi) is 4.61. The molecule has 1 atom stereocenters. The van der Waals surface area contributed by atoms with Gasteiger partial charge < -0.3 is 15.3 Å². The summed E-state index contributed by atoms with van der Waals surface area (Å²) in [5.41, 5.74) is 0.584. The average molecular weight is 276 g/mol. The van der Waals surface area contributed by atoms with Gasteiger partial charge in [-0.15, -0.1) is 0 Å². The van der Waals surface area contributed by atoms with Gasteiger partial charge in [0, 0.05) is 12.6 Å². The summed E-state index contributed by atoms with van der Waals surface area (Å²) in [7, 11) is 0.